The number of morpholine rings is 1. The monoisotopic (exact) mass is 404 g/mol. The summed E-state index contributed by atoms with van der Waals surface area (Å²) in [5, 5.41) is 10.2. The molecular formula is C23H28N6O. The number of ether oxygens (including phenoxy) is 1. The van der Waals surface area contributed by atoms with Gasteiger partial charge in [-0.15, -0.1) is 0 Å². The number of imidazole rings is 1. The van der Waals surface area contributed by atoms with Crippen molar-refractivity contribution in [1.29, 1.82) is 5.41 Å². The SMILES string of the molecule is Cc1ccn2c(CC3CN(C)CCO3)c(-c3cnc(N/C=C\C=N)cc3C)nc2c1. The first kappa shape index (κ1) is 20.3. The van der Waals surface area contributed by atoms with Gasteiger partial charge in [0.2, 0.25) is 0 Å². The van der Waals surface area contributed by atoms with Gasteiger partial charge in [-0.1, -0.05) is 0 Å². The summed E-state index contributed by atoms with van der Waals surface area (Å²) in [5.74, 6) is 0.743. The molecule has 3 aromatic rings. The van der Waals surface area contributed by atoms with E-state index in [0.717, 1.165) is 60.1 Å². The number of fused-ring (bicyclic) bond motifs is 1. The van der Waals surface area contributed by atoms with E-state index in [0.29, 0.717) is 0 Å². The summed E-state index contributed by atoms with van der Waals surface area (Å²) in [6.07, 6.45) is 9.46. The Morgan fingerprint density at radius 1 is 1.33 bits per heavy atom. The summed E-state index contributed by atoms with van der Waals surface area (Å²) < 4.78 is 8.23. The normalized spacial score (nSPS) is 17.6. The number of rotatable bonds is 6. The van der Waals surface area contributed by atoms with Gasteiger partial charge >= 0.3 is 0 Å². The third-order valence-corrected chi connectivity index (χ3v) is 5.43. The quantitative estimate of drug-likeness (QED) is 0.615. The fraction of sp³-hybridized carbons (Fsp3) is 0.348. The van der Waals surface area contributed by atoms with Crippen LogP contribution < -0.4 is 5.32 Å². The van der Waals surface area contributed by atoms with Crippen molar-refractivity contribution in [2.45, 2.75) is 26.4 Å². The van der Waals surface area contributed by atoms with E-state index in [9.17, 15) is 0 Å². The highest BCUT2D eigenvalue weighted by Crippen LogP contribution is 2.30. The number of pyridine rings is 2. The topological polar surface area (TPSA) is 78.5 Å². The van der Waals surface area contributed by atoms with Gasteiger partial charge in [-0.3, -0.25) is 0 Å². The molecule has 1 atom stereocenters. The number of likely N-dealkylation sites (N-methyl/N-ethyl adjacent to an activating group) is 1. The summed E-state index contributed by atoms with van der Waals surface area (Å²) in [6.45, 7) is 6.81. The molecule has 0 aliphatic carbocycles. The van der Waals surface area contributed by atoms with E-state index in [4.69, 9.17) is 15.1 Å². The van der Waals surface area contributed by atoms with Gasteiger partial charge in [0.25, 0.3) is 0 Å². The molecule has 2 N–H and O–H groups in total. The molecule has 156 valence electrons. The molecule has 7 nitrogen and oxygen atoms in total. The largest absolute Gasteiger partial charge is 0.375 e. The zero-order valence-electron chi connectivity index (χ0n) is 17.7. The van der Waals surface area contributed by atoms with E-state index in [2.05, 4.69) is 58.8 Å². The van der Waals surface area contributed by atoms with Crippen LogP contribution in [0, 0.1) is 19.3 Å². The summed E-state index contributed by atoms with van der Waals surface area (Å²) in [7, 11) is 2.14. The molecule has 3 aromatic heterocycles. The van der Waals surface area contributed by atoms with Crippen LogP contribution in [0.1, 0.15) is 16.8 Å². The van der Waals surface area contributed by atoms with Crippen molar-refractivity contribution in [2.24, 2.45) is 0 Å². The number of hydrogen-bond acceptors (Lipinski definition) is 6. The van der Waals surface area contributed by atoms with Crippen molar-refractivity contribution in [3.63, 3.8) is 0 Å². The molecule has 30 heavy (non-hydrogen) atoms. The minimum atomic E-state index is 0.143. The van der Waals surface area contributed by atoms with E-state index in [-0.39, 0.29) is 6.10 Å². The lowest BCUT2D eigenvalue weighted by Crippen LogP contribution is -2.41. The molecule has 1 unspecified atom stereocenters. The van der Waals surface area contributed by atoms with Crippen LogP contribution in [-0.4, -0.2) is 58.3 Å². The molecule has 0 saturated carbocycles. The molecule has 4 rings (SSSR count). The van der Waals surface area contributed by atoms with Gasteiger partial charge in [0.1, 0.15) is 11.5 Å². The number of allylic oxidation sites excluding steroid dienone is 1. The highest BCUT2D eigenvalue weighted by Gasteiger charge is 2.23. The van der Waals surface area contributed by atoms with Gasteiger partial charge in [0, 0.05) is 49.9 Å². The Kier molecular flexibility index (Phi) is 5.92. The Morgan fingerprint density at radius 3 is 2.97 bits per heavy atom. The second kappa shape index (κ2) is 8.77. The number of aromatic nitrogens is 3. The third-order valence-electron chi connectivity index (χ3n) is 5.43. The molecule has 4 heterocycles. The van der Waals surface area contributed by atoms with E-state index < -0.39 is 0 Å². The van der Waals surface area contributed by atoms with Gasteiger partial charge in [-0.2, -0.15) is 0 Å². The standard InChI is InChI=1S/C23H28N6O/c1-16-5-8-29-20(13-18-15-28(3)9-10-30-18)23(27-22(29)11-16)19-14-26-21(12-17(19)2)25-7-4-6-24/h4-8,11-12,14,18,24H,9-10,13,15H2,1-3H3,(H,25,26)/b7-4-,24-6?. The Morgan fingerprint density at radius 2 is 2.20 bits per heavy atom. The van der Waals surface area contributed by atoms with E-state index in [1.807, 2.05) is 12.3 Å². The Hall–Kier alpha value is -3.03. The lowest BCUT2D eigenvalue weighted by molar-refractivity contribution is -0.0190. The predicted octanol–water partition coefficient (Wildman–Crippen LogP) is 3.46. The van der Waals surface area contributed by atoms with Crippen molar-refractivity contribution in [2.75, 3.05) is 32.1 Å². The average Bonchev–Trinajstić information content (AvgIpc) is 3.05. The molecule has 1 fully saturated rings. The lowest BCUT2D eigenvalue weighted by atomic mass is 10.0. The van der Waals surface area contributed by atoms with E-state index in [1.165, 1.54) is 11.8 Å². The number of hydrogen-bond donors (Lipinski definition) is 2. The third kappa shape index (κ3) is 4.27. The maximum Gasteiger partial charge on any atom is 0.137 e. The van der Waals surface area contributed by atoms with E-state index in [1.54, 1.807) is 12.3 Å². The molecule has 0 aromatic carbocycles. The number of nitrogens with one attached hydrogen (secondary N) is 2. The number of anilines is 1. The van der Waals surface area contributed by atoms with Crippen molar-refractivity contribution < 1.29 is 4.74 Å². The fourth-order valence-corrected chi connectivity index (χ4v) is 3.88. The van der Waals surface area contributed by atoms with Crippen molar-refractivity contribution in [3.8, 4) is 11.3 Å². The summed E-state index contributed by atoms with van der Waals surface area (Å²) in [4.78, 5) is 11.8. The highest BCUT2D eigenvalue weighted by molar-refractivity contribution is 5.71. The number of nitrogens with zero attached hydrogens (tertiary/aromatic N) is 4. The van der Waals surface area contributed by atoms with Crippen LogP contribution in [0.15, 0.2) is 42.9 Å². The zero-order chi connectivity index (χ0) is 21.1. The van der Waals surface area contributed by atoms with Gasteiger partial charge in [-0.05, 0) is 56.3 Å². The molecule has 0 bridgehead atoms. The van der Waals surface area contributed by atoms with Crippen molar-refractivity contribution in [3.05, 3.63) is 59.7 Å². The van der Waals surface area contributed by atoms with Gasteiger partial charge in [0.05, 0.1) is 24.1 Å². The molecule has 0 radical (unpaired) electrons. The average molecular weight is 405 g/mol. The Bertz CT molecular complexity index is 1090. The maximum absolute atomic E-state index is 7.07. The van der Waals surface area contributed by atoms with Gasteiger partial charge in [-0.25, -0.2) is 9.97 Å². The van der Waals surface area contributed by atoms with Crippen LogP contribution in [-0.2, 0) is 11.2 Å². The minimum Gasteiger partial charge on any atom is -0.375 e. The first-order chi connectivity index (χ1) is 14.5. The van der Waals surface area contributed by atoms with Crippen LogP contribution >= 0.6 is 0 Å². The smallest absolute Gasteiger partial charge is 0.137 e. The van der Waals surface area contributed by atoms with Crippen LogP contribution in [0.5, 0.6) is 0 Å². The minimum absolute atomic E-state index is 0.143. The van der Waals surface area contributed by atoms with Gasteiger partial charge < -0.3 is 24.8 Å². The molecule has 0 spiro atoms. The van der Waals surface area contributed by atoms with E-state index >= 15 is 0 Å². The first-order valence-corrected chi connectivity index (χ1v) is 10.2. The molecule has 1 saturated heterocycles. The molecule has 1 aliphatic heterocycles. The highest BCUT2D eigenvalue weighted by atomic mass is 16.5. The number of aryl methyl sites for hydroxylation is 2. The van der Waals surface area contributed by atoms with Crippen LogP contribution in [0.25, 0.3) is 16.9 Å². The zero-order valence-corrected chi connectivity index (χ0v) is 17.7. The summed E-state index contributed by atoms with van der Waals surface area (Å²) in [5.41, 5.74) is 6.37. The second-order valence-corrected chi connectivity index (χ2v) is 7.85. The Balaban J connectivity index is 1.74. The van der Waals surface area contributed by atoms with Crippen molar-refractivity contribution >= 4 is 17.7 Å². The van der Waals surface area contributed by atoms with Crippen molar-refractivity contribution in [1.82, 2.24) is 19.3 Å². The van der Waals surface area contributed by atoms with Gasteiger partial charge in [0.15, 0.2) is 0 Å². The van der Waals surface area contributed by atoms with Crippen LogP contribution in [0.4, 0.5) is 5.82 Å². The Labute approximate surface area is 176 Å². The van der Waals surface area contributed by atoms with Crippen LogP contribution in [0.3, 0.4) is 0 Å². The molecule has 1 aliphatic rings. The maximum atomic E-state index is 7.07. The summed E-state index contributed by atoms with van der Waals surface area (Å²) in [6, 6.07) is 6.23. The second-order valence-electron chi connectivity index (χ2n) is 7.85. The first-order valence-electron chi connectivity index (χ1n) is 10.2. The fourth-order valence-electron chi connectivity index (χ4n) is 3.88. The lowest BCUT2D eigenvalue weighted by Gasteiger charge is -2.30. The summed E-state index contributed by atoms with van der Waals surface area (Å²) >= 11 is 0. The predicted molar refractivity (Wildman–Crippen MR) is 120 cm³/mol. The molecule has 7 heteroatoms. The molecular weight excluding hydrogens is 376 g/mol. The van der Waals surface area contributed by atoms with Crippen LogP contribution in [0.2, 0.25) is 0 Å². The molecule has 0 amide bonds.